The van der Waals surface area contributed by atoms with E-state index in [-0.39, 0.29) is 13.2 Å². The van der Waals surface area contributed by atoms with Gasteiger partial charge in [0.25, 0.3) is 0 Å². The van der Waals surface area contributed by atoms with E-state index in [0.717, 1.165) is 0 Å². The van der Waals surface area contributed by atoms with Crippen LogP contribution < -0.4 is 0 Å². The molecule has 0 spiro atoms. The highest BCUT2D eigenvalue weighted by molar-refractivity contribution is 8.05. The van der Waals surface area contributed by atoms with Crippen LogP contribution in [0.15, 0.2) is 0 Å². The maximum atomic E-state index is 10.1. The largest absolute Gasteiger partial charge is 0.380 e. The van der Waals surface area contributed by atoms with Gasteiger partial charge in [-0.15, -0.1) is 0 Å². The van der Waals surface area contributed by atoms with Gasteiger partial charge >= 0.3 is 12.1 Å². The molecule has 88 valence electrons. The quantitative estimate of drug-likeness (QED) is 0.665. The molecule has 0 aliphatic rings. The molecule has 0 fully saturated rings. The van der Waals surface area contributed by atoms with E-state index < -0.39 is 12.1 Å². The predicted molar refractivity (Wildman–Crippen MR) is 61.9 cm³/mol. The summed E-state index contributed by atoms with van der Waals surface area (Å²) < 4.78 is 28.9. The summed E-state index contributed by atoms with van der Waals surface area (Å²) in [5.41, 5.74) is 0. The summed E-state index contributed by atoms with van der Waals surface area (Å²) in [4.78, 5) is 0. The van der Waals surface area contributed by atoms with Crippen molar-refractivity contribution in [3.05, 3.63) is 0 Å². The fraction of sp³-hybridized carbons (Fsp3) is 1.00. The monoisotopic (exact) mass is 324 g/mol. The zero-order valence-corrected chi connectivity index (χ0v) is 12.3. The van der Waals surface area contributed by atoms with E-state index in [2.05, 4.69) is 9.05 Å². The van der Waals surface area contributed by atoms with Crippen LogP contribution in [0.3, 0.4) is 0 Å². The van der Waals surface area contributed by atoms with E-state index >= 15 is 0 Å². The van der Waals surface area contributed by atoms with E-state index in [1.165, 1.54) is 0 Å². The summed E-state index contributed by atoms with van der Waals surface area (Å²) in [6.45, 7) is 3.89. The van der Waals surface area contributed by atoms with Gasteiger partial charge in [-0.05, 0) is 58.8 Å². The molecule has 0 unspecified atom stereocenters. The standard InChI is InChI=1S/2C2H5Cl2O2P/c2*1-2-6-7(3,4)5/h2*2H2,1H3. The van der Waals surface area contributed by atoms with Crippen molar-refractivity contribution in [2.45, 2.75) is 13.8 Å². The first-order valence-electron chi connectivity index (χ1n) is 3.40. The van der Waals surface area contributed by atoms with Crippen molar-refractivity contribution in [1.82, 2.24) is 0 Å². The molecule has 10 heteroatoms. The first-order valence-corrected chi connectivity index (χ1v) is 10.3. The van der Waals surface area contributed by atoms with Crippen LogP contribution in [0.5, 0.6) is 0 Å². The van der Waals surface area contributed by atoms with Crippen LogP contribution in [0.4, 0.5) is 0 Å². The molecule has 0 rings (SSSR count). The van der Waals surface area contributed by atoms with Crippen molar-refractivity contribution in [1.29, 1.82) is 0 Å². The van der Waals surface area contributed by atoms with Crippen LogP contribution in [-0.4, -0.2) is 13.2 Å². The van der Waals surface area contributed by atoms with Crippen LogP contribution in [0.1, 0.15) is 13.8 Å². The third kappa shape index (κ3) is 23.4. The fourth-order valence-corrected chi connectivity index (χ4v) is 2.07. The maximum absolute atomic E-state index is 10.1. The normalized spacial score (nSPS) is 11.9. The van der Waals surface area contributed by atoms with E-state index in [1.54, 1.807) is 13.8 Å². The smallest absolute Gasteiger partial charge is 0.307 e. The van der Waals surface area contributed by atoms with E-state index in [4.69, 9.17) is 45.0 Å². The molecule has 0 atom stereocenters. The maximum Gasteiger partial charge on any atom is 0.380 e. The summed E-state index contributed by atoms with van der Waals surface area (Å²) in [5.74, 6) is 0. The lowest BCUT2D eigenvalue weighted by atomic mass is 10.9. The molecule has 0 aromatic rings. The number of hydrogen-bond acceptors (Lipinski definition) is 4. The Morgan fingerprint density at radius 2 is 1.07 bits per heavy atom. The predicted octanol–water partition coefficient (Wildman–Crippen LogP) is 5.22. The highest BCUT2D eigenvalue weighted by Gasteiger charge is 2.11. The molecule has 0 aliphatic heterocycles. The molecule has 0 N–H and O–H groups in total. The van der Waals surface area contributed by atoms with Gasteiger partial charge in [-0.1, -0.05) is 0 Å². The summed E-state index contributed by atoms with van der Waals surface area (Å²) in [7, 11) is 0. The highest BCUT2D eigenvalue weighted by Crippen LogP contribution is 2.57. The first-order chi connectivity index (χ1) is 6.12. The molecule has 0 saturated heterocycles. The number of hydrogen-bond donors (Lipinski definition) is 0. The second-order valence-corrected chi connectivity index (χ2v) is 10.2. The summed E-state index contributed by atoms with van der Waals surface area (Å²) in [6, 6.07) is 0. The molecule has 14 heavy (non-hydrogen) atoms. The van der Waals surface area contributed by atoms with Crippen LogP contribution in [-0.2, 0) is 18.2 Å². The van der Waals surface area contributed by atoms with Crippen molar-refractivity contribution in [3.63, 3.8) is 0 Å². The van der Waals surface area contributed by atoms with Crippen molar-refractivity contribution in [2.24, 2.45) is 0 Å². The Hall–Kier alpha value is 1.54. The van der Waals surface area contributed by atoms with E-state index in [1.807, 2.05) is 0 Å². The van der Waals surface area contributed by atoms with Crippen molar-refractivity contribution in [3.8, 4) is 0 Å². The molecule has 0 aliphatic carbocycles. The van der Waals surface area contributed by atoms with E-state index in [0.29, 0.717) is 0 Å². The highest BCUT2D eigenvalue weighted by atomic mass is 35.9. The average Bonchev–Trinajstić information content (AvgIpc) is 1.81. The third-order valence-corrected chi connectivity index (χ3v) is 2.85. The summed E-state index contributed by atoms with van der Waals surface area (Å²) >= 11 is 19.7. The van der Waals surface area contributed by atoms with Crippen molar-refractivity contribution < 1.29 is 18.2 Å². The topological polar surface area (TPSA) is 52.6 Å². The van der Waals surface area contributed by atoms with Crippen LogP contribution in [0, 0.1) is 0 Å². The van der Waals surface area contributed by atoms with Gasteiger partial charge < -0.3 is 9.05 Å². The zero-order valence-electron chi connectivity index (χ0n) is 7.45. The van der Waals surface area contributed by atoms with Crippen molar-refractivity contribution >= 4 is 57.1 Å². The van der Waals surface area contributed by atoms with Crippen molar-refractivity contribution in [2.75, 3.05) is 13.2 Å². The average molecular weight is 326 g/mol. The van der Waals surface area contributed by atoms with Gasteiger partial charge in [0.2, 0.25) is 0 Å². The Bertz CT molecular complexity index is 199. The lowest BCUT2D eigenvalue weighted by molar-refractivity contribution is 0.355. The molecule has 0 saturated carbocycles. The minimum Gasteiger partial charge on any atom is -0.307 e. The summed E-state index contributed by atoms with van der Waals surface area (Å²) in [5, 5.41) is 0. The lowest BCUT2D eigenvalue weighted by Crippen LogP contribution is -1.74. The lowest BCUT2D eigenvalue weighted by Gasteiger charge is -1.96. The molecular formula is C4H10Cl4O4P2. The van der Waals surface area contributed by atoms with Gasteiger partial charge in [-0.25, -0.2) is 0 Å². The fourth-order valence-electron chi connectivity index (χ4n) is 0.301. The number of halogens is 4. The van der Waals surface area contributed by atoms with Crippen LogP contribution in [0.2, 0.25) is 0 Å². The van der Waals surface area contributed by atoms with Crippen LogP contribution >= 0.6 is 57.1 Å². The SMILES string of the molecule is CCOP(=O)(Cl)Cl.CCOP(=O)(Cl)Cl. The Labute approximate surface area is 102 Å². The Kier molecular flexibility index (Phi) is 11.1. The minimum absolute atomic E-state index is 0.282. The Morgan fingerprint density at radius 1 is 0.857 bits per heavy atom. The zero-order chi connectivity index (χ0) is 11.8. The van der Waals surface area contributed by atoms with E-state index in [9.17, 15) is 9.13 Å². The molecule has 0 aromatic carbocycles. The van der Waals surface area contributed by atoms with Crippen LogP contribution in [0.25, 0.3) is 0 Å². The molecule has 0 heterocycles. The van der Waals surface area contributed by atoms with Gasteiger partial charge in [-0.3, -0.25) is 9.13 Å². The van der Waals surface area contributed by atoms with Gasteiger partial charge in [0, 0.05) is 0 Å². The van der Waals surface area contributed by atoms with Gasteiger partial charge in [0.05, 0.1) is 13.2 Å². The first kappa shape index (κ1) is 17.9. The second kappa shape index (κ2) is 8.66. The third-order valence-electron chi connectivity index (χ3n) is 0.559. The molecule has 0 amide bonds. The molecule has 0 radical (unpaired) electrons. The number of rotatable bonds is 4. The minimum atomic E-state index is -3.22. The second-order valence-electron chi connectivity index (χ2n) is 1.66. The Balaban J connectivity index is 0. The van der Waals surface area contributed by atoms with Gasteiger partial charge in [-0.2, -0.15) is 0 Å². The van der Waals surface area contributed by atoms with Gasteiger partial charge in [0.15, 0.2) is 0 Å². The molecular weight excluding hydrogens is 316 g/mol. The summed E-state index contributed by atoms with van der Waals surface area (Å²) in [6.07, 6.45) is -6.44. The molecule has 4 nitrogen and oxygen atoms in total. The Morgan fingerprint density at radius 3 is 1.07 bits per heavy atom. The molecule has 0 aromatic heterocycles. The van der Waals surface area contributed by atoms with Gasteiger partial charge in [0.1, 0.15) is 0 Å². The molecule has 0 bridgehead atoms.